The maximum absolute atomic E-state index is 5.03. The summed E-state index contributed by atoms with van der Waals surface area (Å²) in [5.41, 5.74) is 0. The molecular weight excluding hydrogens is 224 g/mol. The predicted octanol–water partition coefficient (Wildman–Crippen LogP) is 1.49. The molecule has 3 rings (SSSR count). The number of hydrogen-bond donors (Lipinski definition) is 2. The number of rotatable bonds is 8. The standard InChI is InChI=1S/C15H28N2O/c1-10(8-16-5-6-18-2)17-9-13-14-11-3-4-12(7-11)15(13)14/h10-17H,3-9H2,1-2H3. The Balaban J connectivity index is 1.29. The molecule has 3 aliphatic carbocycles. The molecule has 2 N–H and O–H groups in total. The van der Waals surface area contributed by atoms with E-state index in [0.717, 1.165) is 49.3 Å². The van der Waals surface area contributed by atoms with Crippen molar-refractivity contribution in [1.29, 1.82) is 0 Å². The van der Waals surface area contributed by atoms with E-state index in [1.807, 2.05) is 0 Å². The fourth-order valence-corrected chi connectivity index (χ4v) is 4.68. The topological polar surface area (TPSA) is 33.3 Å². The highest BCUT2D eigenvalue weighted by Gasteiger charge is 2.64. The second kappa shape index (κ2) is 5.48. The first-order chi connectivity index (χ1) is 8.81. The summed E-state index contributed by atoms with van der Waals surface area (Å²) >= 11 is 0. The Bertz CT molecular complexity index is 268. The molecule has 0 aromatic heterocycles. The molecule has 0 aromatic carbocycles. The molecule has 0 aliphatic heterocycles. The molecule has 3 saturated carbocycles. The van der Waals surface area contributed by atoms with Gasteiger partial charge in [0, 0.05) is 26.2 Å². The summed E-state index contributed by atoms with van der Waals surface area (Å²) < 4.78 is 5.03. The first-order valence-corrected chi connectivity index (χ1v) is 7.74. The lowest BCUT2D eigenvalue weighted by atomic mass is 10.0. The van der Waals surface area contributed by atoms with Crippen molar-refractivity contribution in [3.05, 3.63) is 0 Å². The Morgan fingerprint density at radius 3 is 2.61 bits per heavy atom. The Morgan fingerprint density at radius 2 is 1.94 bits per heavy atom. The SMILES string of the molecule is COCCNCC(C)NCC1C2C3CCC(C3)C12. The summed E-state index contributed by atoms with van der Waals surface area (Å²) in [6, 6.07) is 0.584. The number of ether oxygens (including phenoxy) is 1. The third kappa shape index (κ3) is 2.45. The van der Waals surface area contributed by atoms with Crippen LogP contribution in [-0.4, -0.2) is 39.4 Å². The predicted molar refractivity (Wildman–Crippen MR) is 73.5 cm³/mol. The van der Waals surface area contributed by atoms with Gasteiger partial charge in [0.2, 0.25) is 0 Å². The maximum atomic E-state index is 5.03. The molecule has 104 valence electrons. The van der Waals surface area contributed by atoms with Gasteiger partial charge < -0.3 is 15.4 Å². The third-order valence-corrected chi connectivity index (χ3v) is 5.53. The molecule has 3 heteroatoms. The molecule has 3 nitrogen and oxygen atoms in total. The van der Waals surface area contributed by atoms with E-state index in [-0.39, 0.29) is 0 Å². The van der Waals surface area contributed by atoms with Gasteiger partial charge in [-0.3, -0.25) is 0 Å². The van der Waals surface area contributed by atoms with Gasteiger partial charge in [0.25, 0.3) is 0 Å². The minimum atomic E-state index is 0.584. The van der Waals surface area contributed by atoms with Gasteiger partial charge >= 0.3 is 0 Å². The van der Waals surface area contributed by atoms with E-state index in [4.69, 9.17) is 4.74 Å². The van der Waals surface area contributed by atoms with Crippen molar-refractivity contribution >= 4 is 0 Å². The van der Waals surface area contributed by atoms with Gasteiger partial charge in [0.15, 0.2) is 0 Å². The van der Waals surface area contributed by atoms with Gasteiger partial charge in [0.05, 0.1) is 6.61 Å². The van der Waals surface area contributed by atoms with Crippen molar-refractivity contribution in [2.45, 2.75) is 32.2 Å². The second-order valence-electron chi connectivity index (χ2n) is 6.66. The van der Waals surface area contributed by atoms with Crippen molar-refractivity contribution in [3.63, 3.8) is 0 Å². The van der Waals surface area contributed by atoms with Crippen molar-refractivity contribution in [2.75, 3.05) is 33.4 Å². The monoisotopic (exact) mass is 252 g/mol. The molecule has 18 heavy (non-hydrogen) atoms. The Labute approximate surface area is 111 Å². The molecule has 0 spiro atoms. The van der Waals surface area contributed by atoms with Crippen LogP contribution < -0.4 is 10.6 Å². The van der Waals surface area contributed by atoms with E-state index in [1.165, 1.54) is 19.4 Å². The van der Waals surface area contributed by atoms with Crippen LogP contribution in [0.5, 0.6) is 0 Å². The fraction of sp³-hybridized carbons (Fsp3) is 1.00. The van der Waals surface area contributed by atoms with E-state index in [1.54, 1.807) is 13.5 Å². The summed E-state index contributed by atoms with van der Waals surface area (Å²) in [7, 11) is 1.75. The van der Waals surface area contributed by atoms with Crippen LogP contribution in [0.4, 0.5) is 0 Å². The lowest BCUT2D eigenvalue weighted by Gasteiger charge is -2.16. The molecule has 2 bridgehead atoms. The van der Waals surface area contributed by atoms with Crippen LogP contribution in [0, 0.1) is 29.6 Å². The normalized spacial score (nSPS) is 42.0. The van der Waals surface area contributed by atoms with Gasteiger partial charge in [-0.05, 0) is 62.3 Å². The summed E-state index contributed by atoms with van der Waals surface area (Å²) in [6.45, 7) is 6.37. The zero-order valence-electron chi connectivity index (χ0n) is 11.8. The van der Waals surface area contributed by atoms with Crippen molar-refractivity contribution < 1.29 is 4.74 Å². The zero-order valence-corrected chi connectivity index (χ0v) is 11.8. The van der Waals surface area contributed by atoms with E-state index in [9.17, 15) is 0 Å². The Hall–Kier alpha value is -0.120. The largest absolute Gasteiger partial charge is 0.383 e. The smallest absolute Gasteiger partial charge is 0.0587 e. The minimum Gasteiger partial charge on any atom is -0.383 e. The lowest BCUT2D eigenvalue weighted by Crippen LogP contribution is -2.38. The van der Waals surface area contributed by atoms with Crippen molar-refractivity contribution in [2.24, 2.45) is 29.6 Å². The quantitative estimate of drug-likeness (QED) is 0.642. The van der Waals surface area contributed by atoms with Gasteiger partial charge in [-0.2, -0.15) is 0 Å². The molecule has 0 saturated heterocycles. The Kier molecular flexibility index (Phi) is 3.92. The van der Waals surface area contributed by atoms with Crippen LogP contribution in [0.15, 0.2) is 0 Å². The zero-order chi connectivity index (χ0) is 12.5. The van der Waals surface area contributed by atoms with Crippen LogP contribution in [-0.2, 0) is 4.74 Å². The van der Waals surface area contributed by atoms with Crippen LogP contribution in [0.25, 0.3) is 0 Å². The average molecular weight is 252 g/mol. The molecule has 0 radical (unpaired) electrons. The van der Waals surface area contributed by atoms with Crippen LogP contribution in [0.1, 0.15) is 26.2 Å². The molecule has 0 amide bonds. The van der Waals surface area contributed by atoms with Crippen molar-refractivity contribution in [1.82, 2.24) is 10.6 Å². The summed E-state index contributed by atoms with van der Waals surface area (Å²) in [5, 5.41) is 7.14. The Morgan fingerprint density at radius 1 is 1.22 bits per heavy atom. The highest BCUT2D eigenvalue weighted by molar-refractivity contribution is 5.13. The van der Waals surface area contributed by atoms with Gasteiger partial charge in [-0.15, -0.1) is 0 Å². The highest BCUT2D eigenvalue weighted by atomic mass is 16.5. The second-order valence-corrected chi connectivity index (χ2v) is 6.66. The van der Waals surface area contributed by atoms with E-state index in [2.05, 4.69) is 17.6 Å². The number of hydrogen-bond acceptors (Lipinski definition) is 3. The van der Waals surface area contributed by atoms with Gasteiger partial charge in [0.1, 0.15) is 0 Å². The summed E-state index contributed by atoms with van der Waals surface area (Å²) in [5.74, 6) is 5.48. The fourth-order valence-electron chi connectivity index (χ4n) is 4.68. The molecule has 3 aliphatic rings. The first kappa shape index (κ1) is 12.9. The number of methoxy groups -OCH3 is 1. The number of fused-ring (bicyclic) bond motifs is 5. The van der Waals surface area contributed by atoms with Crippen LogP contribution in [0.2, 0.25) is 0 Å². The molecule has 0 aromatic rings. The van der Waals surface area contributed by atoms with E-state index >= 15 is 0 Å². The summed E-state index contributed by atoms with van der Waals surface area (Å²) in [4.78, 5) is 0. The molecule has 0 heterocycles. The lowest BCUT2D eigenvalue weighted by molar-refractivity contribution is 0.198. The first-order valence-electron chi connectivity index (χ1n) is 7.74. The summed E-state index contributed by atoms with van der Waals surface area (Å²) in [6.07, 6.45) is 4.65. The van der Waals surface area contributed by atoms with E-state index in [0.29, 0.717) is 6.04 Å². The molecule has 5 atom stereocenters. The average Bonchev–Trinajstić information content (AvgIpc) is 2.77. The van der Waals surface area contributed by atoms with Gasteiger partial charge in [-0.1, -0.05) is 0 Å². The third-order valence-electron chi connectivity index (χ3n) is 5.53. The highest BCUT2D eigenvalue weighted by Crippen LogP contribution is 2.69. The molecule has 3 fully saturated rings. The minimum absolute atomic E-state index is 0.584. The number of nitrogens with one attached hydrogen (secondary N) is 2. The van der Waals surface area contributed by atoms with Crippen molar-refractivity contribution in [3.8, 4) is 0 Å². The van der Waals surface area contributed by atoms with Crippen LogP contribution >= 0.6 is 0 Å². The molecular formula is C15H28N2O. The van der Waals surface area contributed by atoms with Crippen LogP contribution in [0.3, 0.4) is 0 Å². The van der Waals surface area contributed by atoms with Gasteiger partial charge in [-0.25, -0.2) is 0 Å². The molecule has 5 unspecified atom stereocenters. The maximum Gasteiger partial charge on any atom is 0.0587 e. The van der Waals surface area contributed by atoms with E-state index < -0.39 is 0 Å².